The second-order valence-corrected chi connectivity index (χ2v) is 5.21. The number of likely N-dealkylation sites (tertiary alicyclic amines) is 1. The van der Waals surface area contributed by atoms with Crippen LogP contribution < -0.4 is 0 Å². The van der Waals surface area contributed by atoms with Gasteiger partial charge in [-0.05, 0) is 30.3 Å². The van der Waals surface area contributed by atoms with Crippen molar-refractivity contribution in [2.75, 3.05) is 13.1 Å². The molecule has 1 aromatic carbocycles. The molecule has 116 valence electrons. The molecule has 1 saturated heterocycles. The fourth-order valence-corrected chi connectivity index (χ4v) is 2.12. The van der Waals surface area contributed by atoms with Crippen LogP contribution in [0.5, 0.6) is 0 Å². The van der Waals surface area contributed by atoms with Crippen molar-refractivity contribution in [1.29, 1.82) is 0 Å². The third-order valence-corrected chi connectivity index (χ3v) is 3.29. The first-order valence-corrected chi connectivity index (χ1v) is 6.84. The SMILES string of the molecule is O=C(c1ccc(C#Cc2cccc(F)c2)cn1)N1CC(F)(F)C1. The first-order valence-electron chi connectivity index (χ1n) is 6.84. The van der Waals surface area contributed by atoms with Gasteiger partial charge in [-0.3, -0.25) is 4.79 Å². The smallest absolute Gasteiger partial charge is 0.282 e. The van der Waals surface area contributed by atoms with Gasteiger partial charge in [0.1, 0.15) is 11.5 Å². The van der Waals surface area contributed by atoms with Crippen LogP contribution in [-0.2, 0) is 0 Å². The average Bonchev–Trinajstić information content (AvgIpc) is 2.50. The number of amides is 1. The maximum atomic E-state index is 13.0. The fourth-order valence-electron chi connectivity index (χ4n) is 2.12. The van der Waals surface area contributed by atoms with Gasteiger partial charge in [-0.1, -0.05) is 17.9 Å². The normalized spacial score (nSPS) is 15.3. The maximum Gasteiger partial charge on any atom is 0.282 e. The average molecular weight is 316 g/mol. The lowest BCUT2D eigenvalue weighted by Crippen LogP contribution is -2.58. The van der Waals surface area contributed by atoms with Gasteiger partial charge in [-0.25, -0.2) is 18.2 Å². The summed E-state index contributed by atoms with van der Waals surface area (Å²) in [6, 6.07) is 8.88. The Hall–Kier alpha value is -2.81. The van der Waals surface area contributed by atoms with Crippen LogP contribution in [0.2, 0.25) is 0 Å². The quantitative estimate of drug-likeness (QED) is 0.758. The van der Waals surface area contributed by atoms with Crippen LogP contribution in [-0.4, -0.2) is 34.8 Å². The molecule has 2 aromatic rings. The highest BCUT2D eigenvalue weighted by atomic mass is 19.3. The van der Waals surface area contributed by atoms with Gasteiger partial charge in [-0.15, -0.1) is 0 Å². The Balaban J connectivity index is 1.70. The lowest BCUT2D eigenvalue weighted by Gasteiger charge is -2.38. The monoisotopic (exact) mass is 316 g/mol. The van der Waals surface area contributed by atoms with Gasteiger partial charge in [0.25, 0.3) is 11.8 Å². The van der Waals surface area contributed by atoms with Crippen LogP contribution in [0.3, 0.4) is 0 Å². The number of alkyl halides is 2. The van der Waals surface area contributed by atoms with Crippen LogP contribution in [0.15, 0.2) is 42.6 Å². The van der Waals surface area contributed by atoms with Crippen molar-refractivity contribution in [3.05, 3.63) is 65.2 Å². The molecule has 0 N–H and O–H groups in total. The van der Waals surface area contributed by atoms with Gasteiger partial charge >= 0.3 is 0 Å². The zero-order chi connectivity index (χ0) is 16.4. The number of pyridine rings is 1. The van der Waals surface area contributed by atoms with Crippen molar-refractivity contribution in [3.63, 3.8) is 0 Å². The highest BCUT2D eigenvalue weighted by Crippen LogP contribution is 2.27. The lowest BCUT2D eigenvalue weighted by molar-refractivity contribution is -0.113. The van der Waals surface area contributed by atoms with E-state index in [0.717, 1.165) is 4.90 Å². The summed E-state index contributed by atoms with van der Waals surface area (Å²) in [6.45, 7) is -1.15. The van der Waals surface area contributed by atoms with Crippen molar-refractivity contribution < 1.29 is 18.0 Å². The zero-order valence-corrected chi connectivity index (χ0v) is 11.9. The van der Waals surface area contributed by atoms with E-state index >= 15 is 0 Å². The summed E-state index contributed by atoms with van der Waals surface area (Å²) in [5.74, 6) is 1.88. The Bertz CT molecular complexity index is 799. The number of rotatable bonds is 1. The second kappa shape index (κ2) is 5.76. The molecular weight excluding hydrogens is 305 g/mol. The summed E-state index contributed by atoms with van der Waals surface area (Å²) in [4.78, 5) is 16.9. The van der Waals surface area contributed by atoms with Crippen LogP contribution in [0.4, 0.5) is 13.2 Å². The van der Waals surface area contributed by atoms with Crippen molar-refractivity contribution in [3.8, 4) is 11.8 Å². The third kappa shape index (κ3) is 3.51. The molecule has 0 unspecified atom stereocenters. The molecule has 1 amide bonds. The summed E-state index contributed by atoms with van der Waals surface area (Å²) < 4.78 is 38.5. The van der Waals surface area contributed by atoms with Gasteiger partial charge in [0, 0.05) is 17.3 Å². The minimum atomic E-state index is -2.80. The Labute approximate surface area is 130 Å². The van der Waals surface area contributed by atoms with Crippen LogP contribution in [0, 0.1) is 17.7 Å². The van der Waals surface area contributed by atoms with Crippen molar-refractivity contribution >= 4 is 5.91 Å². The van der Waals surface area contributed by atoms with Crippen molar-refractivity contribution in [1.82, 2.24) is 9.88 Å². The minimum absolute atomic E-state index is 0.0943. The Morgan fingerprint density at radius 3 is 2.48 bits per heavy atom. The van der Waals surface area contributed by atoms with Gasteiger partial charge in [0.2, 0.25) is 0 Å². The number of hydrogen-bond acceptors (Lipinski definition) is 2. The van der Waals surface area contributed by atoms with Gasteiger partial charge < -0.3 is 4.90 Å². The molecule has 1 fully saturated rings. The molecule has 0 aliphatic carbocycles. The lowest BCUT2D eigenvalue weighted by atomic mass is 10.1. The van der Waals surface area contributed by atoms with Crippen LogP contribution in [0.25, 0.3) is 0 Å². The number of halogens is 3. The minimum Gasteiger partial charge on any atom is -0.325 e. The second-order valence-electron chi connectivity index (χ2n) is 5.21. The number of carbonyl (C=O) groups is 1. The molecule has 0 saturated carbocycles. The molecule has 0 bridgehead atoms. The molecule has 0 radical (unpaired) electrons. The van der Waals surface area contributed by atoms with Gasteiger partial charge in [-0.2, -0.15) is 0 Å². The topological polar surface area (TPSA) is 33.2 Å². The Morgan fingerprint density at radius 1 is 1.13 bits per heavy atom. The molecule has 0 atom stereocenters. The molecular formula is C17H11F3N2O. The largest absolute Gasteiger partial charge is 0.325 e. The molecule has 0 spiro atoms. The van der Waals surface area contributed by atoms with Crippen molar-refractivity contribution in [2.45, 2.75) is 5.92 Å². The summed E-state index contributed by atoms with van der Waals surface area (Å²) in [6.07, 6.45) is 1.39. The fraction of sp³-hybridized carbons (Fsp3) is 0.176. The van der Waals surface area contributed by atoms with E-state index in [0.29, 0.717) is 11.1 Å². The molecule has 6 heteroatoms. The third-order valence-electron chi connectivity index (χ3n) is 3.29. The van der Waals surface area contributed by atoms with E-state index in [-0.39, 0.29) is 11.5 Å². The van der Waals surface area contributed by atoms with Crippen LogP contribution >= 0.6 is 0 Å². The maximum absolute atomic E-state index is 13.0. The molecule has 3 rings (SSSR count). The number of nitrogens with zero attached hydrogens (tertiary/aromatic N) is 2. The van der Waals surface area contributed by atoms with E-state index in [1.54, 1.807) is 18.2 Å². The van der Waals surface area contributed by atoms with Gasteiger partial charge in [0.15, 0.2) is 0 Å². The Kier molecular flexibility index (Phi) is 3.78. The summed E-state index contributed by atoms with van der Waals surface area (Å²) in [7, 11) is 0. The van der Waals surface area contributed by atoms with E-state index in [4.69, 9.17) is 0 Å². The van der Waals surface area contributed by atoms with Crippen LogP contribution in [0.1, 0.15) is 21.6 Å². The number of carbonyl (C=O) groups excluding carboxylic acids is 1. The molecule has 1 aromatic heterocycles. The predicted molar refractivity (Wildman–Crippen MR) is 77.5 cm³/mol. The van der Waals surface area contributed by atoms with E-state index in [1.807, 2.05) is 0 Å². The zero-order valence-electron chi connectivity index (χ0n) is 11.9. The highest BCUT2D eigenvalue weighted by Gasteiger charge is 2.46. The molecule has 3 nitrogen and oxygen atoms in total. The first kappa shape index (κ1) is 15.1. The van der Waals surface area contributed by atoms with E-state index in [9.17, 15) is 18.0 Å². The summed E-state index contributed by atoms with van der Waals surface area (Å²) in [5.41, 5.74) is 1.16. The standard InChI is InChI=1S/C17H11F3N2O/c18-14-3-1-2-12(8-14)4-5-13-6-7-15(21-9-13)16(23)22-10-17(19,20)11-22/h1-3,6-9H,10-11H2. The van der Waals surface area contributed by atoms with E-state index in [1.165, 1.54) is 24.4 Å². The molecule has 1 aliphatic rings. The first-order chi connectivity index (χ1) is 10.9. The molecule has 1 aliphatic heterocycles. The number of hydrogen-bond donors (Lipinski definition) is 0. The predicted octanol–water partition coefficient (Wildman–Crippen LogP) is 2.71. The van der Waals surface area contributed by atoms with E-state index < -0.39 is 24.9 Å². The molecule has 23 heavy (non-hydrogen) atoms. The molecule has 2 heterocycles. The number of aromatic nitrogens is 1. The van der Waals surface area contributed by atoms with Gasteiger partial charge in [0.05, 0.1) is 13.1 Å². The Morgan fingerprint density at radius 2 is 1.87 bits per heavy atom. The highest BCUT2D eigenvalue weighted by molar-refractivity contribution is 5.93. The van der Waals surface area contributed by atoms with Crippen molar-refractivity contribution in [2.24, 2.45) is 0 Å². The number of benzene rings is 1. The van der Waals surface area contributed by atoms with E-state index in [2.05, 4.69) is 16.8 Å². The summed E-state index contributed by atoms with van der Waals surface area (Å²) >= 11 is 0. The summed E-state index contributed by atoms with van der Waals surface area (Å²) in [5, 5.41) is 0.